The lowest BCUT2D eigenvalue weighted by atomic mass is 10.2. The summed E-state index contributed by atoms with van der Waals surface area (Å²) < 4.78 is 5.07. The third-order valence-corrected chi connectivity index (χ3v) is 3.26. The van der Waals surface area contributed by atoms with Crippen LogP contribution < -0.4 is 5.43 Å². The standard InChI is InChI=1S/C16H25N3O3/c1-10(2)19(11(3)4)15(20)9-12(5)17-18-16(21)14-7-8-22-13(14)6/h7-8,10-11H,9H2,1-6H3,(H,18,21). The van der Waals surface area contributed by atoms with E-state index in [0.29, 0.717) is 17.0 Å². The normalized spacial score (nSPS) is 11.9. The summed E-state index contributed by atoms with van der Waals surface area (Å²) in [5.41, 5.74) is 3.45. The number of furan rings is 1. The number of hydrogen-bond donors (Lipinski definition) is 1. The Labute approximate surface area is 131 Å². The lowest BCUT2D eigenvalue weighted by Gasteiger charge is -2.30. The molecule has 1 N–H and O–H groups in total. The van der Waals surface area contributed by atoms with Crippen LogP contribution in [0, 0.1) is 6.92 Å². The van der Waals surface area contributed by atoms with Crippen molar-refractivity contribution in [2.75, 3.05) is 0 Å². The molecule has 2 amide bonds. The van der Waals surface area contributed by atoms with Gasteiger partial charge in [0.05, 0.1) is 18.2 Å². The van der Waals surface area contributed by atoms with E-state index >= 15 is 0 Å². The van der Waals surface area contributed by atoms with Crippen molar-refractivity contribution in [3.05, 3.63) is 23.7 Å². The minimum absolute atomic E-state index is 0.00000866. The molecule has 0 spiro atoms. The van der Waals surface area contributed by atoms with Crippen LogP contribution in [0.3, 0.4) is 0 Å². The van der Waals surface area contributed by atoms with Crippen LogP contribution in [0.5, 0.6) is 0 Å². The lowest BCUT2D eigenvalue weighted by Crippen LogP contribution is -2.42. The van der Waals surface area contributed by atoms with Crippen LogP contribution in [0.1, 0.15) is 57.2 Å². The number of nitrogens with one attached hydrogen (secondary N) is 1. The molecule has 1 rings (SSSR count). The highest BCUT2D eigenvalue weighted by Crippen LogP contribution is 2.09. The van der Waals surface area contributed by atoms with Gasteiger partial charge in [0.15, 0.2) is 0 Å². The Kier molecular flexibility index (Phi) is 6.34. The van der Waals surface area contributed by atoms with Gasteiger partial charge in [-0.15, -0.1) is 0 Å². The summed E-state index contributed by atoms with van der Waals surface area (Å²) in [6.45, 7) is 11.3. The largest absolute Gasteiger partial charge is 0.469 e. The van der Waals surface area contributed by atoms with Crippen molar-refractivity contribution in [2.45, 2.75) is 60.0 Å². The molecule has 0 fully saturated rings. The Morgan fingerprint density at radius 3 is 2.32 bits per heavy atom. The molecule has 0 aliphatic heterocycles. The minimum atomic E-state index is -0.345. The van der Waals surface area contributed by atoms with Gasteiger partial charge in [0.25, 0.3) is 5.91 Å². The number of aryl methyl sites for hydroxylation is 1. The molecule has 0 saturated carbocycles. The van der Waals surface area contributed by atoms with Crippen molar-refractivity contribution in [3.8, 4) is 0 Å². The Hall–Kier alpha value is -2.11. The van der Waals surface area contributed by atoms with Crippen LogP contribution >= 0.6 is 0 Å². The Bertz CT molecular complexity index is 551. The second-order valence-electron chi connectivity index (χ2n) is 5.84. The summed E-state index contributed by atoms with van der Waals surface area (Å²) in [4.78, 5) is 26.0. The van der Waals surface area contributed by atoms with E-state index in [4.69, 9.17) is 4.42 Å². The van der Waals surface area contributed by atoms with Crippen LogP contribution in [0.4, 0.5) is 0 Å². The summed E-state index contributed by atoms with van der Waals surface area (Å²) >= 11 is 0. The minimum Gasteiger partial charge on any atom is -0.469 e. The van der Waals surface area contributed by atoms with E-state index in [0.717, 1.165) is 0 Å². The van der Waals surface area contributed by atoms with Gasteiger partial charge in [-0.1, -0.05) is 0 Å². The molecule has 6 heteroatoms. The quantitative estimate of drug-likeness (QED) is 0.648. The van der Waals surface area contributed by atoms with Crippen molar-refractivity contribution in [2.24, 2.45) is 5.10 Å². The number of carbonyl (C=O) groups is 2. The molecule has 0 atom stereocenters. The monoisotopic (exact) mass is 307 g/mol. The Balaban J connectivity index is 2.64. The highest BCUT2D eigenvalue weighted by Gasteiger charge is 2.20. The highest BCUT2D eigenvalue weighted by molar-refractivity contribution is 6.01. The first kappa shape index (κ1) is 17.9. The summed E-state index contributed by atoms with van der Waals surface area (Å²) in [5, 5.41) is 3.99. The zero-order valence-corrected chi connectivity index (χ0v) is 14.1. The van der Waals surface area contributed by atoms with E-state index in [1.807, 2.05) is 27.7 Å². The van der Waals surface area contributed by atoms with Crippen LogP contribution in [0.2, 0.25) is 0 Å². The zero-order chi connectivity index (χ0) is 16.9. The van der Waals surface area contributed by atoms with Gasteiger partial charge in [0, 0.05) is 17.8 Å². The predicted molar refractivity (Wildman–Crippen MR) is 85.8 cm³/mol. The SMILES string of the molecule is CC(CC(=O)N(C(C)C)C(C)C)=NNC(=O)c1ccoc1C. The molecule has 0 bridgehead atoms. The number of hydrogen-bond acceptors (Lipinski definition) is 4. The first-order valence-electron chi connectivity index (χ1n) is 7.42. The molecular formula is C16H25N3O3. The number of hydrazone groups is 1. The maximum Gasteiger partial charge on any atom is 0.274 e. The Morgan fingerprint density at radius 1 is 1.27 bits per heavy atom. The summed E-state index contributed by atoms with van der Waals surface area (Å²) in [7, 11) is 0. The average Bonchev–Trinajstić information content (AvgIpc) is 2.81. The second kappa shape index (κ2) is 7.77. The third kappa shape index (κ3) is 4.72. The molecule has 1 aromatic rings. The van der Waals surface area contributed by atoms with Crippen molar-refractivity contribution < 1.29 is 14.0 Å². The summed E-state index contributed by atoms with van der Waals surface area (Å²) in [6.07, 6.45) is 1.63. The number of carbonyl (C=O) groups excluding carboxylic acids is 2. The maximum atomic E-state index is 12.3. The first-order chi connectivity index (χ1) is 10.2. The number of amides is 2. The van der Waals surface area contributed by atoms with Crippen LogP contribution in [-0.4, -0.2) is 34.5 Å². The van der Waals surface area contributed by atoms with Gasteiger partial charge in [-0.25, -0.2) is 5.43 Å². The topological polar surface area (TPSA) is 74.9 Å². The van der Waals surface area contributed by atoms with E-state index in [1.54, 1.807) is 24.8 Å². The molecule has 0 aliphatic rings. The smallest absolute Gasteiger partial charge is 0.274 e. The molecule has 122 valence electrons. The highest BCUT2D eigenvalue weighted by atomic mass is 16.3. The molecule has 0 aromatic carbocycles. The van der Waals surface area contributed by atoms with Crippen molar-refractivity contribution in [3.63, 3.8) is 0 Å². The fourth-order valence-electron chi connectivity index (χ4n) is 2.35. The van der Waals surface area contributed by atoms with Gasteiger partial charge < -0.3 is 9.32 Å². The van der Waals surface area contributed by atoms with E-state index in [1.165, 1.54) is 6.26 Å². The molecule has 22 heavy (non-hydrogen) atoms. The molecule has 0 aliphatic carbocycles. The molecule has 0 radical (unpaired) electrons. The number of nitrogens with zero attached hydrogens (tertiary/aromatic N) is 2. The second-order valence-corrected chi connectivity index (χ2v) is 5.84. The fourth-order valence-corrected chi connectivity index (χ4v) is 2.35. The van der Waals surface area contributed by atoms with Crippen LogP contribution in [0.15, 0.2) is 21.8 Å². The summed E-state index contributed by atoms with van der Waals surface area (Å²) in [5.74, 6) is 0.190. The van der Waals surface area contributed by atoms with Gasteiger partial charge in [0.1, 0.15) is 5.76 Å². The maximum absolute atomic E-state index is 12.3. The van der Waals surface area contributed by atoms with Crippen LogP contribution in [-0.2, 0) is 4.79 Å². The lowest BCUT2D eigenvalue weighted by molar-refractivity contribution is -0.133. The Morgan fingerprint density at radius 2 is 1.86 bits per heavy atom. The van der Waals surface area contributed by atoms with Crippen molar-refractivity contribution in [1.29, 1.82) is 0 Å². The van der Waals surface area contributed by atoms with E-state index < -0.39 is 0 Å². The van der Waals surface area contributed by atoms with Gasteiger partial charge in [-0.05, 0) is 47.6 Å². The molecule has 0 unspecified atom stereocenters. The summed E-state index contributed by atoms with van der Waals surface area (Å²) in [6, 6.07) is 1.84. The van der Waals surface area contributed by atoms with Gasteiger partial charge in [-0.2, -0.15) is 5.10 Å². The molecular weight excluding hydrogens is 282 g/mol. The molecule has 1 heterocycles. The third-order valence-electron chi connectivity index (χ3n) is 3.26. The van der Waals surface area contributed by atoms with Crippen molar-refractivity contribution in [1.82, 2.24) is 10.3 Å². The van der Waals surface area contributed by atoms with E-state index in [-0.39, 0.29) is 30.3 Å². The van der Waals surface area contributed by atoms with Crippen molar-refractivity contribution >= 4 is 17.5 Å². The molecule has 1 aromatic heterocycles. The molecule has 6 nitrogen and oxygen atoms in total. The average molecular weight is 307 g/mol. The predicted octanol–water partition coefficient (Wildman–Crippen LogP) is 2.73. The van der Waals surface area contributed by atoms with Gasteiger partial charge in [-0.3, -0.25) is 9.59 Å². The first-order valence-corrected chi connectivity index (χ1v) is 7.42. The molecule has 0 saturated heterocycles. The fraction of sp³-hybridized carbons (Fsp3) is 0.562. The zero-order valence-electron chi connectivity index (χ0n) is 14.1. The van der Waals surface area contributed by atoms with Gasteiger partial charge in [0.2, 0.25) is 5.91 Å². The van der Waals surface area contributed by atoms with Gasteiger partial charge >= 0.3 is 0 Å². The van der Waals surface area contributed by atoms with E-state index in [9.17, 15) is 9.59 Å². The number of rotatable bonds is 6. The van der Waals surface area contributed by atoms with E-state index in [2.05, 4.69) is 10.5 Å². The van der Waals surface area contributed by atoms with Crippen LogP contribution in [0.25, 0.3) is 0 Å².